The molecule has 5 unspecified atom stereocenters. The number of carbonyl (C=O) groups is 7. The topological polar surface area (TPSA) is 220 Å². The number of aliphatic hydroxyl groups is 1. The molecule has 2 aromatic rings. The second kappa shape index (κ2) is 34.0. The monoisotopic (exact) mass is 922 g/mol. The fraction of sp³-hybridized carbons (Fsp3) is 0.562. The first-order valence-electron chi connectivity index (χ1n) is 21.4. The van der Waals surface area contributed by atoms with Crippen molar-refractivity contribution in [3.63, 3.8) is 0 Å². The summed E-state index contributed by atoms with van der Waals surface area (Å²) in [6, 6.07) is 17.5. The van der Waals surface area contributed by atoms with E-state index in [4.69, 9.17) is 38.5 Å². The van der Waals surface area contributed by atoms with Crippen LogP contribution in [0.3, 0.4) is 0 Å². The predicted molar refractivity (Wildman–Crippen MR) is 244 cm³/mol. The number of ether oxygens (including phenoxy) is 4. The van der Waals surface area contributed by atoms with Crippen molar-refractivity contribution in [3.8, 4) is 0 Å². The van der Waals surface area contributed by atoms with Crippen molar-refractivity contribution >= 4 is 49.9 Å². The van der Waals surface area contributed by atoms with E-state index in [0.717, 1.165) is 45.5 Å². The SMILES string of the molecule is C.CCCCCC(=O)/C=C/[C@H]1C(OC(=O)c2ccccc2)CC2OC(=O)C[C@@H]21.CCCCCC(=O)CP(C)OC.CO.O=C[C@H]1C(OC(=O)c2ccccc2)CC2OC(=O)C[C@@H]21.O=O.[H-].[Li+]. The molecular formula is C48H68LiO15P. The van der Waals surface area contributed by atoms with Gasteiger partial charge in [-0.1, -0.05) is 89.4 Å². The van der Waals surface area contributed by atoms with Gasteiger partial charge in [-0.3, -0.25) is 19.2 Å². The molecule has 1 N–H and O–H groups in total. The van der Waals surface area contributed by atoms with Crippen molar-refractivity contribution in [1.29, 1.82) is 0 Å². The Hall–Kier alpha value is -4.38. The molecule has 9 atom stereocenters. The van der Waals surface area contributed by atoms with Gasteiger partial charge < -0.3 is 34.8 Å². The summed E-state index contributed by atoms with van der Waals surface area (Å²) in [7, 11) is 2.18. The van der Waals surface area contributed by atoms with Crippen molar-refractivity contribution in [2.75, 3.05) is 27.0 Å². The number of aliphatic hydroxyl groups excluding tert-OH is 1. The first-order chi connectivity index (χ1) is 30.5. The average Bonchev–Trinajstić information content (AvgIpc) is 4.03. The van der Waals surface area contributed by atoms with E-state index in [-0.39, 0.29) is 93.9 Å². The van der Waals surface area contributed by atoms with Gasteiger partial charge in [0.15, 0.2) is 5.78 Å². The van der Waals surface area contributed by atoms with Gasteiger partial charge in [-0.2, -0.15) is 0 Å². The Morgan fingerprint density at radius 1 is 0.738 bits per heavy atom. The molecule has 0 spiro atoms. The average molecular weight is 923 g/mol. The van der Waals surface area contributed by atoms with Crippen LogP contribution in [-0.4, -0.2) is 98.3 Å². The summed E-state index contributed by atoms with van der Waals surface area (Å²) in [5, 5.41) is 7.00. The molecule has 2 aliphatic carbocycles. The number of rotatable bonds is 18. The fourth-order valence-electron chi connectivity index (χ4n) is 7.88. The van der Waals surface area contributed by atoms with Gasteiger partial charge in [0.1, 0.15) is 36.5 Å². The third-order valence-corrected chi connectivity index (χ3v) is 12.5. The molecule has 15 nitrogen and oxygen atoms in total. The number of unbranched alkanes of at least 4 members (excludes halogenated alkanes) is 4. The zero-order valence-corrected chi connectivity index (χ0v) is 38.8. The number of Topliss-reactive ketones (excluding diaryl/α,β-unsaturated/α-hetero) is 1. The Balaban J connectivity index is 0. The summed E-state index contributed by atoms with van der Waals surface area (Å²) < 4.78 is 26.7. The maximum absolute atomic E-state index is 12.4. The molecule has 356 valence electrons. The predicted octanol–water partition coefficient (Wildman–Crippen LogP) is 5.47. The van der Waals surface area contributed by atoms with E-state index in [1.807, 2.05) is 24.9 Å². The van der Waals surface area contributed by atoms with Gasteiger partial charge in [-0.15, -0.1) is 0 Å². The van der Waals surface area contributed by atoms with Crippen LogP contribution in [0.1, 0.15) is 120 Å². The number of ketones is 2. The minimum Gasteiger partial charge on any atom is -1.00 e. The molecule has 0 radical (unpaired) electrons. The van der Waals surface area contributed by atoms with Crippen molar-refractivity contribution in [2.24, 2.45) is 23.7 Å². The molecule has 0 aromatic heterocycles. The van der Waals surface area contributed by atoms with E-state index in [0.29, 0.717) is 48.8 Å². The van der Waals surface area contributed by atoms with Gasteiger partial charge in [-0.05, 0) is 49.8 Å². The zero-order valence-electron chi connectivity index (χ0n) is 38.9. The maximum atomic E-state index is 12.4. The summed E-state index contributed by atoms with van der Waals surface area (Å²) in [5.74, 6) is -1.73. The van der Waals surface area contributed by atoms with E-state index in [1.165, 1.54) is 12.8 Å². The summed E-state index contributed by atoms with van der Waals surface area (Å²) in [6.45, 7) is 6.24. The standard InChI is InChI=1S/C22H26O5.C15H14O5.C9H19O2P.CH4O.CH4.Li.O2.H/c1-2-3-5-10-16(23)11-12-17-18-13-21(24)26-20(18)14-19(17)27-22(25)15-8-6-4-7-9-15;16-8-11-10-6-14(17)19-12(10)7-13(11)20-15(18)9-4-2-1-3-5-9;1-4-5-6-7-9(10)8-12(3)11-2;1-2;;;1-2;/h4,6-9,11-12,17-20H,2-3,5,10,13-14H2,1H3;1-5,8,10-13H,6-7H2;4-8H2,1-3H3;2H,1H3;1H4;;;/q;;;;;+1;;-1/b12-11+;;;;;;;/t17-,18-,19?,20?;10-,11-,12?,13?;;;;;;/m11....../s1. The van der Waals surface area contributed by atoms with Crippen LogP contribution < -0.4 is 18.9 Å². The van der Waals surface area contributed by atoms with Crippen LogP contribution in [0.5, 0.6) is 0 Å². The number of aldehydes is 1. The molecule has 4 aliphatic rings. The number of carbonyl (C=O) groups excluding carboxylic acids is 7. The third kappa shape index (κ3) is 20.4. The first-order valence-corrected chi connectivity index (χ1v) is 23.3. The summed E-state index contributed by atoms with van der Waals surface area (Å²) >= 11 is 0. The van der Waals surface area contributed by atoms with Crippen molar-refractivity contribution < 1.29 is 82.4 Å². The molecule has 0 amide bonds. The van der Waals surface area contributed by atoms with Crippen LogP contribution in [0.15, 0.2) is 72.8 Å². The molecule has 6 rings (SSSR count). The van der Waals surface area contributed by atoms with Crippen molar-refractivity contribution in [3.05, 3.63) is 93.9 Å². The molecule has 2 aromatic carbocycles. The number of fused-ring (bicyclic) bond motifs is 2. The third-order valence-electron chi connectivity index (χ3n) is 11.1. The summed E-state index contributed by atoms with van der Waals surface area (Å²) in [4.78, 5) is 95.8. The molecule has 2 aliphatic heterocycles. The second-order valence-electron chi connectivity index (χ2n) is 15.4. The Morgan fingerprint density at radius 2 is 1.17 bits per heavy atom. The number of esters is 4. The minimum atomic E-state index is -0.511. The van der Waals surface area contributed by atoms with E-state index < -0.39 is 26.1 Å². The quantitative estimate of drug-likeness (QED) is 0.0373. The van der Waals surface area contributed by atoms with Gasteiger partial charge >= 0.3 is 42.7 Å². The van der Waals surface area contributed by atoms with E-state index in [2.05, 4.69) is 13.8 Å². The van der Waals surface area contributed by atoms with Crippen LogP contribution in [0.2, 0.25) is 0 Å². The smallest absolute Gasteiger partial charge is 1.00 e. The van der Waals surface area contributed by atoms with E-state index in [1.54, 1.807) is 61.7 Å². The molecule has 2 saturated heterocycles. The van der Waals surface area contributed by atoms with Crippen LogP contribution in [-0.2, 0) is 47.4 Å². The molecule has 2 saturated carbocycles. The Morgan fingerprint density at radius 3 is 1.60 bits per heavy atom. The second-order valence-corrected chi connectivity index (χ2v) is 17.4. The molecule has 0 bridgehead atoms. The largest absolute Gasteiger partial charge is 1.00 e. The fourth-order valence-corrected chi connectivity index (χ4v) is 8.66. The van der Waals surface area contributed by atoms with Gasteiger partial charge in [0.05, 0.1) is 36.0 Å². The van der Waals surface area contributed by atoms with Crippen LogP contribution in [0.4, 0.5) is 0 Å². The van der Waals surface area contributed by atoms with Crippen molar-refractivity contribution in [1.82, 2.24) is 0 Å². The zero-order chi connectivity index (χ0) is 46.7. The van der Waals surface area contributed by atoms with Crippen LogP contribution in [0.25, 0.3) is 0 Å². The van der Waals surface area contributed by atoms with Gasteiger partial charge in [0, 0.05) is 75.7 Å². The van der Waals surface area contributed by atoms with E-state index in [9.17, 15) is 33.6 Å². The maximum Gasteiger partial charge on any atom is 1.00 e. The minimum absolute atomic E-state index is 0. The Labute approximate surface area is 398 Å². The van der Waals surface area contributed by atoms with Crippen LogP contribution in [0, 0.1) is 33.6 Å². The van der Waals surface area contributed by atoms with Gasteiger partial charge in [-0.25, -0.2) is 9.59 Å². The van der Waals surface area contributed by atoms with Gasteiger partial charge in [0.25, 0.3) is 0 Å². The van der Waals surface area contributed by atoms with Crippen molar-refractivity contribution in [2.45, 2.75) is 123 Å². The van der Waals surface area contributed by atoms with Crippen LogP contribution >= 0.6 is 8.15 Å². The molecule has 2 heterocycles. The summed E-state index contributed by atoms with van der Waals surface area (Å²) in [5.41, 5.74) is 0.941. The molecule has 65 heavy (non-hydrogen) atoms. The number of allylic oxidation sites excluding steroid dienone is 1. The number of benzene rings is 2. The number of hydrogen-bond acceptors (Lipinski definition) is 15. The van der Waals surface area contributed by atoms with E-state index >= 15 is 0 Å². The molecule has 17 heteroatoms. The Bertz CT molecular complexity index is 1770. The van der Waals surface area contributed by atoms with Gasteiger partial charge in [0.2, 0.25) is 0 Å². The molecular weight excluding hydrogens is 854 g/mol. The first kappa shape index (κ1) is 60.6. The molecule has 4 fully saturated rings. The number of hydrogen-bond donors (Lipinski definition) is 1. The summed E-state index contributed by atoms with van der Waals surface area (Å²) in [6.07, 6.45) is 12.4. The Kier molecular flexibility index (Phi) is 31.7. The normalized spacial score (nSPS) is 23.4.